The number of aromatic nitrogens is 2. The van der Waals surface area contributed by atoms with Crippen molar-refractivity contribution in [2.75, 3.05) is 43.9 Å². The molecule has 0 bridgehead atoms. The summed E-state index contributed by atoms with van der Waals surface area (Å²) in [4.78, 5) is 21.9. The lowest BCUT2D eigenvalue weighted by molar-refractivity contribution is -0.384. The molecule has 11 heteroatoms. The molecule has 1 fully saturated rings. The average molecular weight is 464 g/mol. The van der Waals surface area contributed by atoms with Crippen molar-refractivity contribution in [1.82, 2.24) is 14.3 Å². The van der Waals surface area contributed by atoms with Crippen LogP contribution in [-0.2, 0) is 27.8 Å². The quantitative estimate of drug-likeness (QED) is 0.410. The topological polar surface area (TPSA) is 119 Å². The largest absolute Gasteiger partial charge is 0.378 e. The molecule has 2 aromatic rings. The second kappa shape index (κ2) is 10.3. The van der Waals surface area contributed by atoms with Crippen molar-refractivity contribution in [3.8, 4) is 0 Å². The molecular formula is C21H29N5O5S. The standard InChI is InChI=1S/C21H29N5O5S/c1-4-13-32(29,30)25-11-9-24(10-12-25)21-19(20(15-31-3)22-16(2)23-21)14-17-5-7-18(8-6-17)26(27)28/h5-8H,4,9-15H2,1-3H3. The molecule has 1 aromatic carbocycles. The lowest BCUT2D eigenvalue weighted by Gasteiger charge is -2.36. The predicted octanol–water partition coefficient (Wildman–Crippen LogP) is 2.29. The van der Waals surface area contributed by atoms with Crippen molar-refractivity contribution in [3.05, 3.63) is 57.0 Å². The highest BCUT2D eigenvalue weighted by molar-refractivity contribution is 7.89. The van der Waals surface area contributed by atoms with Crippen molar-refractivity contribution >= 4 is 21.5 Å². The van der Waals surface area contributed by atoms with Gasteiger partial charge in [-0.25, -0.2) is 18.4 Å². The summed E-state index contributed by atoms with van der Waals surface area (Å²) in [5.41, 5.74) is 2.58. The van der Waals surface area contributed by atoms with Gasteiger partial charge in [0.05, 0.1) is 23.0 Å². The van der Waals surface area contributed by atoms with Gasteiger partial charge in [0.2, 0.25) is 10.0 Å². The van der Waals surface area contributed by atoms with E-state index in [4.69, 9.17) is 4.74 Å². The number of rotatable bonds is 9. The van der Waals surface area contributed by atoms with Gasteiger partial charge in [-0.3, -0.25) is 10.1 Å². The van der Waals surface area contributed by atoms with Gasteiger partial charge in [0.1, 0.15) is 11.6 Å². The maximum absolute atomic E-state index is 12.4. The van der Waals surface area contributed by atoms with E-state index in [1.54, 1.807) is 23.5 Å². The zero-order chi connectivity index (χ0) is 23.3. The first kappa shape index (κ1) is 24.0. The second-order valence-electron chi connectivity index (χ2n) is 7.76. The maximum atomic E-state index is 12.4. The SMILES string of the molecule is CCCS(=O)(=O)N1CCN(c2nc(C)nc(COC)c2Cc2ccc([N+](=O)[O-])cc2)CC1. The molecule has 10 nitrogen and oxygen atoms in total. The number of ether oxygens (including phenoxy) is 1. The van der Waals surface area contributed by atoms with Gasteiger partial charge in [-0.05, 0) is 18.9 Å². The molecule has 0 radical (unpaired) electrons. The molecule has 1 aliphatic heterocycles. The minimum Gasteiger partial charge on any atom is -0.378 e. The van der Waals surface area contributed by atoms with Crippen molar-refractivity contribution in [3.63, 3.8) is 0 Å². The second-order valence-corrected chi connectivity index (χ2v) is 9.84. The zero-order valence-corrected chi connectivity index (χ0v) is 19.5. The zero-order valence-electron chi connectivity index (χ0n) is 18.7. The summed E-state index contributed by atoms with van der Waals surface area (Å²) in [7, 11) is -1.63. The summed E-state index contributed by atoms with van der Waals surface area (Å²) in [6.07, 6.45) is 1.08. The molecule has 0 aliphatic carbocycles. The number of non-ortho nitro benzene ring substituents is 1. The van der Waals surface area contributed by atoms with E-state index < -0.39 is 14.9 Å². The predicted molar refractivity (Wildman–Crippen MR) is 121 cm³/mol. The Labute approximate surface area is 188 Å². The first-order valence-corrected chi connectivity index (χ1v) is 12.2. The van der Waals surface area contributed by atoms with Crippen LogP contribution >= 0.6 is 0 Å². The summed E-state index contributed by atoms with van der Waals surface area (Å²) in [6.45, 7) is 5.85. The van der Waals surface area contributed by atoms with E-state index in [0.29, 0.717) is 51.5 Å². The van der Waals surface area contributed by atoms with Crippen molar-refractivity contribution in [2.45, 2.75) is 33.3 Å². The fourth-order valence-corrected chi connectivity index (χ4v) is 5.33. The summed E-state index contributed by atoms with van der Waals surface area (Å²) in [5.74, 6) is 1.53. The number of methoxy groups -OCH3 is 1. The lowest BCUT2D eigenvalue weighted by Crippen LogP contribution is -2.49. The van der Waals surface area contributed by atoms with Gasteiger partial charge in [-0.1, -0.05) is 19.1 Å². The van der Waals surface area contributed by atoms with Gasteiger partial charge in [0.15, 0.2) is 0 Å². The van der Waals surface area contributed by atoms with E-state index in [1.807, 2.05) is 13.8 Å². The molecule has 174 valence electrons. The van der Waals surface area contributed by atoms with Crippen LogP contribution in [0.3, 0.4) is 0 Å². The van der Waals surface area contributed by atoms with Crippen LogP contribution in [0.1, 0.15) is 36.0 Å². The van der Waals surface area contributed by atoms with Gasteiger partial charge in [0, 0.05) is 57.4 Å². The number of sulfonamides is 1. The minimum absolute atomic E-state index is 0.0376. The summed E-state index contributed by atoms with van der Waals surface area (Å²) >= 11 is 0. The number of nitrogens with zero attached hydrogens (tertiary/aromatic N) is 5. The lowest BCUT2D eigenvalue weighted by atomic mass is 10.0. The van der Waals surface area contributed by atoms with E-state index in [9.17, 15) is 18.5 Å². The molecule has 1 saturated heterocycles. The number of nitro benzene ring substituents is 1. The van der Waals surface area contributed by atoms with Crippen molar-refractivity contribution in [1.29, 1.82) is 0 Å². The van der Waals surface area contributed by atoms with Crippen LogP contribution < -0.4 is 4.90 Å². The average Bonchev–Trinajstić information content (AvgIpc) is 2.76. The van der Waals surface area contributed by atoms with E-state index in [1.165, 1.54) is 12.1 Å². The smallest absolute Gasteiger partial charge is 0.269 e. The summed E-state index contributed by atoms with van der Waals surface area (Å²) in [5, 5.41) is 11.0. The number of hydrogen-bond acceptors (Lipinski definition) is 8. The fraction of sp³-hybridized carbons (Fsp3) is 0.524. The fourth-order valence-electron chi connectivity index (χ4n) is 3.84. The minimum atomic E-state index is -3.23. The third-order valence-corrected chi connectivity index (χ3v) is 7.46. The number of piperazine rings is 1. The molecule has 0 saturated carbocycles. The Kier molecular flexibility index (Phi) is 7.75. The highest BCUT2D eigenvalue weighted by atomic mass is 32.2. The molecular weight excluding hydrogens is 434 g/mol. The summed E-state index contributed by atoms with van der Waals surface area (Å²) < 4.78 is 31.8. The number of nitro groups is 1. The third-order valence-electron chi connectivity index (χ3n) is 5.39. The Bertz CT molecular complexity index is 1050. The molecule has 1 aliphatic rings. The van der Waals surface area contributed by atoms with Crippen LogP contribution in [0.2, 0.25) is 0 Å². The van der Waals surface area contributed by atoms with Gasteiger partial charge in [-0.15, -0.1) is 0 Å². The van der Waals surface area contributed by atoms with Gasteiger partial charge in [0.25, 0.3) is 5.69 Å². The van der Waals surface area contributed by atoms with Crippen LogP contribution in [-0.4, -0.2) is 66.7 Å². The van der Waals surface area contributed by atoms with E-state index >= 15 is 0 Å². The number of benzene rings is 1. The first-order chi connectivity index (χ1) is 15.2. The van der Waals surface area contributed by atoms with Crippen LogP contribution in [0.5, 0.6) is 0 Å². The van der Waals surface area contributed by atoms with Crippen LogP contribution in [0, 0.1) is 17.0 Å². The summed E-state index contributed by atoms with van der Waals surface area (Å²) in [6, 6.07) is 6.43. The van der Waals surface area contributed by atoms with E-state index in [-0.39, 0.29) is 11.4 Å². The molecule has 32 heavy (non-hydrogen) atoms. The van der Waals surface area contributed by atoms with Gasteiger partial charge < -0.3 is 9.64 Å². The van der Waals surface area contributed by atoms with Crippen molar-refractivity contribution < 1.29 is 18.1 Å². The molecule has 0 spiro atoms. The Hall–Kier alpha value is -2.63. The molecule has 2 heterocycles. The number of aryl methyl sites for hydroxylation is 1. The highest BCUT2D eigenvalue weighted by Gasteiger charge is 2.28. The molecule has 0 N–H and O–H groups in total. The molecule has 0 atom stereocenters. The highest BCUT2D eigenvalue weighted by Crippen LogP contribution is 2.27. The first-order valence-electron chi connectivity index (χ1n) is 10.6. The third kappa shape index (κ3) is 5.59. The number of anilines is 1. The normalized spacial score (nSPS) is 15.2. The molecule has 0 unspecified atom stereocenters. The van der Waals surface area contributed by atoms with E-state index in [2.05, 4.69) is 14.9 Å². The van der Waals surface area contributed by atoms with Gasteiger partial charge >= 0.3 is 0 Å². The van der Waals surface area contributed by atoms with Crippen LogP contribution in [0.25, 0.3) is 0 Å². The van der Waals surface area contributed by atoms with E-state index in [0.717, 1.165) is 22.6 Å². The Morgan fingerprint density at radius 1 is 1.12 bits per heavy atom. The number of hydrogen-bond donors (Lipinski definition) is 0. The van der Waals surface area contributed by atoms with Crippen molar-refractivity contribution in [2.24, 2.45) is 0 Å². The monoisotopic (exact) mass is 463 g/mol. The Morgan fingerprint density at radius 3 is 2.34 bits per heavy atom. The molecule has 3 rings (SSSR count). The Morgan fingerprint density at radius 2 is 1.78 bits per heavy atom. The van der Waals surface area contributed by atoms with Crippen LogP contribution in [0.15, 0.2) is 24.3 Å². The maximum Gasteiger partial charge on any atom is 0.269 e. The Balaban J connectivity index is 1.89. The molecule has 0 amide bonds. The van der Waals surface area contributed by atoms with Gasteiger partial charge in [-0.2, -0.15) is 4.31 Å². The molecule has 1 aromatic heterocycles. The van der Waals surface area contributed by atoms with Crippen LogP contribution in [0.4, 0.5) is 11.5 Å².